The molecule has 0 spiro atoms. The van der Waals surface area contributed by atoms with Gasteiger partial charge in [-0.1, -0.05) is 28.1 Å². The number of benzene rings is 1. The summed E-state index contributed by atoms with van der Waals surface area (Å²) in [5.41, 5.74) is 1.05. The Morgan fingerprint density at radius 1 is 1.28 bits per heavy atom. The quantitative estimate of drug-likeness (QED) is 0.923. The predicted octanol–water partition coefficient (Wildman–Crippen LogP) is 3.00. The van der Waals surface area contributed by atoms with Gasteiger partial charge < -0.3 is 9.84 Å². The second-order valence-electron chi connectivity index (χ2n) is 3.93. The van der Waals surface area contributed by atoms with Gasteiger partial charge in [-0.15, -0.1) is 0 Å². The number of aliphatic hydroxyl groups excluding tert-OH is 1. The van der Waals surface area contributed by atoms with Gasteiger partial charge in [0.2, 0.25) is 0 Å². The number of nitrogens with zero attached hydrogens (tertiary/aromatic N) is 1. The number of aliphatic hydroxyl groups is 1. The van der Waals surface area contributed by atoms with Crippen molar-refractivity contribution in [2.45, 2.75) is 5.92 Å². The van der Waals surface area contributed by atoms with Crippen LogP contribution < -0.4 is 4.74 Å². The van der Waals surface area contributed by atoms with E-state index in [-0.39, 0.29) is 12.5 Å². The number of pyridine rings is 1. The van der Waals surface area contributed by atoms with E-state index in [1.165, 1.54) is 0 Å². The van der Waals surface area contributed by atoms with Gasteiger partial charge in [0.15, 0.2) is 0 Å². The first-order valence-electron chi connectivity index (χ1n) is 5.68. The van der Waals surface area contributed by atoms with Crippen molar-refractivity contribution < 1.29 is 9.84 Å². The number of rotatable bonds is 5. The maximum absolute atomic E-state index is 9.44. The summed E-state index contributed by atoms with van der Waals surface area (Å²) in [6.45, 7) is 0.482. The average molecular weight is 308 g/mol. The van der Waals surface area contributed by atoms with Gasteiger partial charge in [0.05, 0.1) is 19.4 Å². The normalized spacial score (nSPS) is 12.1. The standard InChI is InChI=1S/C14H14BrNO2/c15-13-4-1-3-11(7-13)12(9-17)10-18-14-5-2-6-16-8-14/h1-8,12,17H,9-10H2. The minimum Gasteiger partial charge on any atom is -0.491 e. The van der Waals surface area contributed by atoms with E-state index in [2.05, 4.69) is 20.9 Å². The Kier molecular flexibility index (Phi) is 4.73. The minimum atomic E-state index is -0.0392. The largest absolute Gasteiger partial charge is 0.491 e. The number of hydrogen-bond donors (Lipinski definition) is 1. The molecular weight excluding hydrogens is 294 g/mol. The van der Waals surface area contributed by atoms with Gasteiger partial charge in [-0.2, -0.15) is 0 Å². The van der Waals surface area contributed by atoms with E-state index < -0.39 is 0 Å². The molecule has 1 aromatic carbocycles. The molecule has 0 aliphatic carbocycles. The van der Waals surface area contributed by atoms with Crippen LogP contribution in [-0.4, -0.2) is 23.3 Å². The zero-order valence-corrected chi connectivity index (χ0v) is 11.4. The Bertz CT molecular complexity index is 490. The fraction of sp³-hybridized carbons (Fsp3) is 0.214. The van der Waals surface area contributed by atoms with Crippen LogP contribution in [0.2, 0.25) is 0 Å². The van der Waals surface area contributed by atoms with E-state index in [1.807, 2.05) is 36.4 Å². The zero-order chi connectivity index (χ0) is 12.8. The maximum Gasteiger partial charge on any atom is 0.137 e. The summed E-state index contributed by atoms with van der Waals surface area (Å²) in [6, 6.07) is 11.6. The van der Waals surface area contributed by atoms with Crippen LogP contribution in [0.3, 0.4) is 0 Å². The Morgan fingerprint density at radius 3 is 2.83 bits per heavy atom. The second kappa shape index (κ2) is 6.52. The highest BCUT2D eigenvalue weighted by atomic mass is 79.9. The SMILES string of the molecule is OCC(COc1cccnc1)c1cccc(Br)c1. The molecule has 1 aromatic heterocycles. The highest BCUT2D eigenvalue weighted by Crippen LogP contribution is 2.21. The molecule has 1 unspecified atom stereocenters. The third-order valence-corrected chi connectivity index (χ3v) is 3.12. The number of hydrogen-bond acceptors (Lipinski definition) is 3. The zero-order valence-electron chi connectivity index (χ0n) is 9.79. The van der Waals surface area contributed by atoms with Crippen molar-refractivity contribution in [1.82, 2.24) is 4.98 Å². The summed E-state index contributed by atoms with van der Waals surface area (Å²) in [6.07, 6.45) is 3.36. The van der Waals surface area contributed by atoms with Crippen LogP contribution >= 0.6 is 15.9 Å². The first-order chi connectivity index (χ1) is 8.79. The van der Waals surface area contributed by atoms with Crippen molar-refractivity contribution in [1.29, 1.82) is 0 Å². The van der Waals surface area contributed by atoms with Gasteiger partial charge in [0.25, 0.3) is 0 Å². The maximum atomic E-state index is 9.44. The highest BCUT2D eigenvalue weighted by Gasteiger charge is 2.11. The third-order valence-electron chi connectivity index (χ3n) is 2.63. The second-order valence-corrected chi connectivity index (χ2v) is 4.85. The predicted molar refractivity (Wildman–Crippen MR) is 73.7 cm³/mol. The molecule has 3 nitrogen and oxygen atoms in total. The van der Waals surface area contributed by atoms with Crippen molar-refractivity contribution in [2.24, 2.45) is 0 Å². The molecule has 0 saturated heterocycles. The van der Waals surface area contributed by atoms with Gasteiger partial charge in [-0.3, -0.25) is 4.98 Å². The van der Waals surface area contributed by atoms with E-state index in [1.54, 1.807) is 12.4 Å². The van der Waals surface area contributed by atoms with Crippen molar-refractivity contribution >= 4 is 15.9 Å². The molecule has 2 aromatic rings. The van der Waals surface area contributed by atoms with Gasteiger partial charge in [0.1, 0.15) is 5.75 Å². The Hall–Kier alpha value is -1.39. The first kappa shape index (κ1) is 13.1. The van der Waals surface area contributed by atoms with Crippen LogP contribution in [0.15, 0.2) is 53.3 Å². The summed E-state index contributed by atoms with van der Waals surface area (Å²) in [5, 5.41) is 9.44. The fourth-order valence-corrected chi connectivity index (χ4v) is 2.06. The monoisotopic (exact) mass is 307 g/mol. The molecule has 0 amide bonds. The van der Waals surface area contributed by atoms with Crippen molar-refractivity contribution in [3.05, 3.63) is 58.8 Å². The lowest BCUT2D eigenvalue weighted by atomic mass is 10.0. The Balaban J connectivity index is 2.02. The van der Waals surface area contributed by atoms with Crippen molar-refractivity contribution in [2.75, 3.05) is 13.2 Å². The van der Waals surface area contributed by atoms with Crippen LogP contribution in [0.25, 0.3) is 0 Å². The van der Waals surface area contributed by atoms with Crippen LogP contribution in [0.5, 0.6) is 5.75 Å². The summed E-state index contributed by atoms with van der Waals surface area (Å²) < 4.78 is 6.62. The van der Waals surface area contributed by atoms with E-state index in [0.29, 0.717) is 12.4 Å². The molecule has 0 fully saturated rings. The summed E-state index contributed by atoms with van der Waals surface area (Å²) in [5.74, 6) is 0.675. The molecule has 0 saturated carbocycles. The highest BCUT2D eigenvalue weighted by molar-refractivity contribution is 9.10. The van der Waals surface area contributed by atoms with Gasteiger partial charge >= 0.3 is 0 Å². The number of ether oxygens (including phenoxy) is 1. The lowest BCUT2D eigenvalue weighted by Gasteiger charge is -2.15. The molecule has 1 N–H and O–H groups in total. The van der Waals surface area contributed by atoms with Gasteiger partial charge in [0, 0.05) is 16.6 Å². The third kappa shape index (κ3) is 3.55. The molecule has 2 rings (SSSR count). The molecule has 4 heteroatoms. The topological polar surface area (TPSA) is 42.4 Å². The van der Waals surface area contributed by atoms with Crippen LogP contribution in [0, 0.1) is 0 Å². The van der Waals surface area contributed by atoms with E-state index in [0.717, 1.165) is 10.0 Å². The van der Waals surface area contributed by atoms with E-state index in [9.17, 15) is 5.11 Å². The van der Waals surface area contributed by atoms with Crippen LogP contribution in [-0.2, 0) is 0 Å². The van der Waals surface area contributed by atoms with E-state index in [4.69, 9.17) is 4.74 Å². The number of aromatic nitrogens is 1. The molecule has 1 atom stereocenters. The lowest BCUT2D eigenvalue weighted by Crippen LogP contribution is -2.14. The summed E-state index contributed by atoms with van der Waals surface area (Å²) in [4.78, 5) is 3.98. The molecule has 1 heterocycles. The van der Waals surface area contributed by atoms with Gasteiger partial charge in [-0.05, 0) is 29.8 Å². The summed E-state index contributed by atoms with van der Waals surface area (Å²) in [7, 11) is 0. The lowest BCUT2D eigenvalue weighted by molar-refractivity contribution is 0.204. The molecule has 94 valence electrons. The van der Waals surface area contributed by atoms with Crippen LogP contribution in [0.4, 0.5) is 0 Å². The molecule has 0 radical (unpaired) electrons. The molecular formula is C14H14BrNO2. The Labute approximate surface area is 115 Å². The van der Waals surface area contributed by atoms with E-state index >= 15 is 0 Å². The smallest absolute Gasteiger partial charge is 0.137 e. The summed E-state index contributed by atoms with van der Waals surface area (Å²) >= 11 is 3.42. The van der Waals surface area contributed by atoms with Crippen molar-refractivity contribution in [3.63, 3.8) is 0 Å². The van der Waals surface area contributed by atoms with Crippen molar-refractivity contribution in [3.8, 4) is 5.75 Å². The molecule has 0 aliphatic rings. The van der Waals surface area contributed by atoms with Gasteiger partial charge in [-0.25, -0.2) is 0 Å². The Morgan fingerprint density at radius 2 is 2.17 bits per heavy atom. The molecule has 0 aliphatic heterocycles. The number of halogens is 1. The average Bonchev–Trinajstić information content (AvgIpc) is 2.41. The van der Waals surface area contributed by atoms with Crippen LogP contribution in [0.1, 0.15) is 11.5 Å². The molecule has 0 bridgehead atoms. The first-order valence-corrected chi connectivity index (χ1v) is 6.48. The fourth-order valence-electron chi connectivity index (χ4n) is 1.64. The minimum absolute atomic E-state index is 0.0392. The molecule has 18 heavy (non-hydrogen) atoms.